The van der Waals surface area contributed by atoms with E-state index < -0.39 is 11.4 Å². The number of hydrogen-bond acceptors (Lipinski definition) is 6. The number of hydrogen-bond donors (Lipinski definition) is 3. The molecule has 8 heteroatoms. The molecule has 80 valence electrons. The van der Waals surface area contributed by atoms with Crippen molar-refractivity contribution in [2.45, 2.75) is 11.0 Å². The molecular weight excluding hydrogens is 215 g/mol. The lowest BCUT2D eigenvalue weighted by molar-refractivity contribution is 0.297. The van der Waals surface area contributed by atoms with Crippen LogP contribution in [-0.2, 0) is 11.4 Å². The van der Waals surface area contributed by atoms with Crippen LogP contribution in [0.25, 0.3) is 0 Å². The number of rotatable bonds is 1. The third-order valence-electron chi connectivity index (χ3n) is 2.06. The van der Waals surface area contributed by atoms with Crippen molar-refractivity contribution in [2.24, 2.45) is 5.14 Å². The van der Waals surface area contributed by atoms with Crippen LogP contribution >= 0.6 is 0 Å². The van der Waals surface area contributed by atoms with Gasteiger partial charge in [-0.25, -0.2) is 0 Å². The number of pyridine rings is 1. The monoisotopic (exact) mass is 226 g/mol. The molecule has 2 atom stereocenters. The number of fused-ring (bicyclic) bond motifs is 1. The van der Waals surface area contributed by atoms with Gasteiger partial charge in [0.2, 0.25) is 5.88 Å². The number of nitrogens with zero attached hydrogens (tertiary/aromatic N) is 1. The molecule has 2 heterocycles. The Morgan fingerprint density at radius 2 is 2.47 bits per heavy atom. The molecule has 15 heavy (non-hydrogen) atoms. The lowest BCUT2D eigenvalue weighted by Gasteiger charge is -2.25. The zero-order valence-corrected chi connectivity index (χ0v) is 9.00. The fraction of sp³-hybridized carbons (Fsp3) is 0.286. The maximum Gasteiger partial charge on any atom is 0.270 e. The van der Waals surface area contributed by atoms with E-state index in [1.165, 1.54) is 6.07 Å². The Bertz CT molecular complexity index is 389. The van der Waals surface area contributed by atoms with Crippen LogP contribution in [0.15, 0.2) is 11.1 Å². The van der Waals surface area contributed by atoms with E-state index in [4.69, 9.17) is 15.6 Å². The number of nitrogens with one attached hydrogen (secondary N) is 1. The van der Waals surface area contributed by atoms with Gasteiger partial charge in [0.05, 0.1) is 17.0 Å². The Balaban J connectivity index is 2.43. The molecule has 2 rings (SSSR count). The van der Waals surface area contributed by atoms with Gasteiger partial charge in [-0.1, -0.05) is 0 Å². The number of anilines is 2. The van der Waals surface area contributed by atoms with E-state index in [0.717, 1.165) is 0 Å². The summed E-state index contributed by atoms with van der Waals surface area (Å²) in [5.74, 6) is 0.540. The van der Waals surface area contributed by atoms with E-state index in [1.807, 2.05) is 7.85 Å². The van der Waals surface area contributed by atoms with Crippen LogP contribution in [0.3, 0.4) is 0 Å². The highest BCUT2D eigenvalue weighted by Crippen LogP contribution is 2.33. The molecule has 1 aliphatic heterocycles. The summed E-state index contributed by atoms with van der Waals surface area (Å²) >= 11 is -1.64. The minimum atomic E-state index is -1.64. The molecule has 0 amide bonds. The van der Waals surface area contributed by atoms with Crippen LogP contribution < -0.4 is 20.9 Å². The first kappa shape index (κ1) is 10.4. The predicted octanol–water partition coefficient (Wildman–Crippen LogP) is -1.59. The first-order valence-electron chi connectivity index (χ1n) is 4.44. The zero-order chi connectivity index (χ0) is 11.0. The van der Waals surface area contributed by atoms with Crippen molar-refractivity contribution in [3.63, 3.8) is 0 Å². The highest BCUT2D eigenvalue weighted by Gasteiger charge is 2.22. The fourth-order valence-corrected chi connectivity index (χ4v) is 1.78. The Morgan fingerprint density at radius 3 is 3.13 bits per heavy atom. The highest BCUT2D eigenvalue weighted by atomic mass is 32.2. The van der Waals surface area contributed by atoms with Crippen molar-refractivity contribution in [1.29, 1.82) is 0 Å². The van der Waals surface area contributed by atoms with Crippen LogP contribution in [0, 0.1) is 0 Å². The van der Waals surface area contributed by atoms with E-state index in [-0.39, 0.29) is 11.0 Å². The van der Waals surface area contributed by atoms with Gasteiger partial charge in [-0.2, -0.15) is 4.98 Å². The second kappa shape index (κ2) is 3.80. The first-order valence-corrected chi connectivity index (χ1v) is 5.65. The summed E-state index contributed by atoms with van der Waals surface area (Å²) in [7, 11) is 1.97. The molecule has 0 spiro atoms. The van der Waals surface area contributed by atoms with Gasteiger partial charge in [0.25, 0.3) is 5.03 Å². The van der Waals surface area contributed by atoms with Gasteiger partial charge >= 0.3 is 0 Å². The molecule has 0 bridgehead atoms. The van der Waals surface area contributed by atoms with E-state index in [2.05, 4.69) is 10.3 Å². The Morgan fingerprint density at radius 1 is 1.73 bits per heavy atom. The van der Waals surface area contributed by atoms with Crippen LogP contribution in [0.2, 0.25) is 0 Å². The van der Waals surface area contributed by atoms with E-state index in [9.17, 15) is 4.55 Å². The van der Waals surface area contributed by atoms with Crippen molar-refractivity contribution in [3.05, 3.63) is 6.07 Å². The molecule has 0 fully saturated rings. The summed E-state index contributed by atoms with van der Waals surface area (Å²) in [6.07, 6.45) is 0. The smallest absolute Gasteiger partial charge is 0.270 e. The second-order valence-corrected chi connectivity index (χ2v) is 4.40. The Labute approximate surface area is 91.1 Å². The summed E-state index contributed by atoms with van der Waals surface area (Å²) < 4.78 is 16.4. The topological polar surface area (TPSA) is 109 Å². The quantitative estimate of drug-likeness (QED) is 0.393. The van der Waals surface area contributed by atoms with Crippen molar-refractivity contribution >= 4 is 30.6 Å². The van der Waals surface area contributed by atoms with Gasteiger partial charge in [0.1, 0.15) is 20.1 Å². The predicted molar refractivity (Wildman–Crippen MR) is 60.7 cm³/mol. The second-order valence-electron chi connectivity index (χ2n) is 3.38. The van der Waals surface area contributed by atoms with Gasteiger partial charge in [-0.15, -0.1) is 5.14 Å². The summed E-state index contributed by atoms with van der Waals surface area (Å²) in [4.78, 5) is 4.02. The highest BCUT2D eigenvalue weighted by molar-refractivity contribution is 7.89. The minimum Gasteiger partial charge on any atom is -0.592 e. The van der Waals surface area contributed by atoms with Crippen molar-refractivity contribution in [1.82, 2.24) is 4.98 Å². The Kier molecular flexibility index (Phi) is 2.64. The average Bonchev–Trinajstić information content (AvgIpc) is 2.18. The fourth-order valence-electron chi connectivity index (χ4n) is 1.36. The molecule has 1 aromatic rings. The maximum atomic E-state index is 11.0. The lowest BCUT2D eigenvalue weighted by Crippen LogP contribution is -2.33. The third-order valence-corrected chi connectivity index (χ3v) is 2.68. The molecule has 0 saturated heterocycles. The SMILES string of the molecule is BC1COc2nc([S+](N)[O-])cc(N)c2N1. The summed E-state index contributed by atoms with van der Waals surface area (Å²) in [5, 5.41) is 8.59. The molecule has 1 aromatic heterocycles. The standard InChI is InChI=1S/C7H11BN4O2S/c8-4-2-14-7-6(11-4)3(9)1-5(12-7)15(10)13/h1,4,11H,2,8,10H2,(H2,9,12). The average molecular weight is 226 g/mol. The molecule has 5 N–H and O–H groups in total. The molecular formula is C7H11BN4O2S. The van der Waals surface area contributed by atoms with Gasteiger partial charge in [-0.3, -0.25) is 0 Å². The van der Waals surface area contributed by atoms with E-state index in [0.29, 0.717) is 23.9 Å². The number of nitrogen functional groups attached to an aromatic ring is 1. The first-order chi connectivity index (χ1) is 7.08. The minimum absolute atomic E-state index is 0.177. The maximum absolute atomic E-state index is 11.0. The molecule has 0 aromatic carbocycles. The molecule has 1 aliphatic rings. The zero-order valence-electron chi connectivity index (χ0n) is 8.19. The largest absolute Gasteiger partial charge is 0.592 e. The van der Waals surface area contributed by atoms with Crippen LogP contribution in [0.5, 0.6) is 5.88 Å². The Hall–Kier alpha value is -1.12. The number of ether oxygens (including phenoxy) is 1. The van der Waals surface area contributed by atoms with Gasteiger partial charge in [0.15, 0.2) is 0 Å². The van der Waals surface area contributed by atoms with Crippen molar-refractivity contribution in [3.8, 4) is 5.88 Å². The van der Waals surface area contributed by atoms with Crippen molar-refractivity contribution < 1.29 is 9.29 Å². The molecule has 0 radical (unpaired) electrons. The molecule has 0 aliphatic carbocycles. The van der Waals surface area contributed by atoms with Crippen molar-refractivity contribution in [2.75, 3.05) is 17.7 Å². The number of nitrogens with two attached hydrogens (primary N) is 2. The van der Waals surface area contributed by atoms with Gasteiger partial charge < -0.3 is 20.3 Å². The van der Waals surface area contributed by atoms with E-state index >= 15 is 0 Å². The summed E-state index contributed by atoms with van der Waals surface area (Å²) in [5.41, 5.74) is 6.86. The van der Waals surface area contributed by atoms with Crippen LogP contribution in [0.4, 0.5) is 11.4 Å². The third kappa shape index (κ3) is 1.96. The molecule has 0 saturated carbocycles. The lowest BCUT2D eigenvalue weighted by atomic mass is 9.96. The summed E-state index contributed by atoms with van der Waals surface area (Å²) in [6.45, 7) is 0.500. The number of aromatic nitrogens is 1. The van der Waals surface area contributed by atoms with Gasteiger partial charge in [-0.05, 0) is 0 Å². The normalized spacial score (nSPS) is 21.1. The van der Waals surface area contributed by atoms with E-state index in [1.54, 1.807) is 0 Å². The van der Waals surface area contributed by atoms with Crippen LogP contribution in [0.1, 0.15) is 0 Å². The van der Waals surface area contributed by atoms with Crippen LogP contribution in [-0.4, -0.2) is 29.9 Å². The summed E-state index contributed by atoms with van der Waals surface area (Å²) in [6, 6.07) is 1.49. The van der Waals surface area contributed by atoms with Gasteiger partial charge in [0, 0.05) is 12.0 Å². The molecule has 6 nitrogen and oxygen atoms in total. The molecule has 2 unspecified atom stereocenters.